The van der Waals surface area contributed by atoms with E-state index in [0.29, 0.717) is 117 Å². The number of carbonyl (C=O) groups is 5. The van der Waals surface area contributed by atoms with Gasteiger partial charge in [-0.05, 0) is 420 Å². The number of hydrogen-bond acceptors (Lipinski definition) is 10. The second kappa shape index (κ2) is 36.6. The minimum Gasteiger partial charge on any atom is -0.545 e. The van der Waals surface area contributed by atoms with Gasteiger partial charge in [0.15, 0.2) is 0 Å². The molecule has 0 amide bonds. The lowest BCUT2D eigenvalue weighted by atomic mass is 9.69. The van der Waals surface area contributed by atoms with Crippen molar-refractivity contribution >= 4 is 29.8 Å². The van der Waals surface area contributed by atoms with Crippen LogP contribution in [0.25, 0.3) is 0 Å². The third kappa shape index (κ3) is 17.8. The van der Waals surface area contributed by atoms with E-state index in [4.69, 9.17) is 0 Å². The maximum Gasteiger partial charge on any atom is 0.0721 e. The highest BCUT2D eigenvalue weighted by Crippen LogP contribution is 2.61. The molecule has 5 aromatic rings. The van der Waals surface area contributed by atoms with E-state index in [2.05, 4.69) is 60.7 Å². The molecule has 0 aliphatic heterocycles. The van der Waals surface area contributed by atoms with Crippen molar-refractivity contribution in [1.82, 2.24) is 0 Å². The van der Waals surface area contributed by atoms with Gasteiger partial charge in [-0.1, -0.05) is 196 Å². The number of carboxylic acid groups (broad SMARTS) is 5. The normalized spacial score (nSPS) is 28.9. The molecule has 18 aliphatic carbocycles. The van der Waals surface area contributed by atoms with Crippen molar-refractivity contribution in [3.05, 3.63) is 172 Å². The summed E-state index contributed by atoms with van der Waals surface area (Å²) >= 11 is 0. The Morgan fingerprint density at radius 3 is 0.550 bits per heavy atom. The van der Waals surface area contributed by atoms with Crippen molar-refractivity contribution in [2.75, 3.05) is 0 Å². The fourth-order valence-corrected chi connectivity index (χ4v) is 28.3. The van der Waals surface area contributed by atoms with Crippen LogP contribution in [-0.4, -0.2) is 29.8 Å². The first kappa shape index (κ1) is 83.0. The molecule has 0 heterocycles. The quantitative estimate of drug-likeness (QED) is 0.0722. The van der Waals surface area contributed by atoms with E-state index in [0.717, 1.165) is 183 Å². The standard InChI is InChI=1S/C28H36O2.C25H36O2.C22H30O2.C19H24O2.C16H18O2/c29-28(30)27-25(23-11-16-2-5-19(23)8-16)13-21(22-10-15-1-4-18(22)7-15)14-26(27)24-12-17-3-6-20(24)9-17;26-25(27)24-22(19-12-6-2-7-13-19)16-21(18-10-4-1-5-11-18)17-23(24)20-14-8-3-9-15-20;23-22(24)21-19(16-9-3-4-10-16)13-18(15-7-1-2-8-15)14-20(21)17-11-5-6-12-17;20-19(21)18-16(13-6-2-7-13)10-15(12-4-1-5-12)11-17(18)14-8-3-9-14;17-16(18)15-13(10-3-4-10)7-12(9-1-2-9)8-14(15)11-5-6-11/h13-20,22-24H,1-12H2,(H,29,30);16-20H,1-15H2,(H,26,27);13-17H,1-12H2,(H,23,24);10-14H,1-9H2,(H,20,21);7-11H,1-6H2,(H,17,18)/p-5. The maximum absolute atomic E-state index is 12.6. The number of rotatable bonds is 20. The molecule has 0 radical (unpaired) electrons. The Bertz CT molecular complexity index is 4340. The molecule has 5 aromatic carbocycles. The molecule has 10 nitrogen and oxygen atoms in total. The van der Waals surface area contributed by atoms with E-state index in [1.807, 2.05) is 0 Å². The number of benzene rings is 5. The Balaban J connectivity index is 0.000000100. The molecule has 6 bridgehead atoms. The SMILES string of the molecule is O=C([O-])c1c(C2CC2)cc(C2CC2)cc1C1CC1.O=C([O-])c1c(C2CC3CCC2C3)cc(C2CC3CCC2C3)cc1C1CC2CCC1C2.O=C([O-])c1c(C2CCC2)cc(C2CCC2)cc1C1CCC1.O=C([O-])c1c(C2CCCC2)cc(C2CCCC2)cc1C1CCCC1.O=C([O-])c1c(C2CCCCC2)cc(C2CCCCC2)cc1C1CCCCC1. The van der Waals surface area contributed by atoms with Gasteiger partial charge in [0.25, 0.3) is 0 Å². The van der Waals surface area contributed by atoms with E-state index in [1.165, 1.54) is 283 Å². The summed E-state index contributed by atoms with van der Waals surface area (Å²) in [4.78, 5) is 60.3. The van der Waals surface area contributed by atoms with Crippen LogP contribution < -0.4 is 25.5 Å². The van der Waals surface area contributed by atoms with Gasteiger partial charge in [0.2, 0.25) is 0 Å². The summed E-state index contributed by atoms with van der Waals surface area (Å²) in [5, 5.41) is 60.3. The van der Waals surface area contributed by atoms with Crippen LogP contribution in [0.1, 0.15) is 571 Å². The lowest BCUT2D eigenvalue weighted by Crippen LogP contribution is -2.29. The first-order chi connectivity index (χ1) is 58.6. The highest BCUT2D eigenvalue weighted by Gasteiger charge is 2.48. The van der Waals surface area contributed by atoms with E-state index < -0.39 is 29.8 Å². The fourth-order valence-electron chi connectivity index (χ4n) is 28.3. The molecular formula is C110H139O10-5. The second-order valence-electron chi connectivity index (χ2n) is 43.3. The second-order valence-corrected chi connectivity index (χ2v) is 43.3. The highest BCUT2D eigenvalue weighted by atomic mass is 16.4. The van der Waals surface area contributed by atoms with Crippen LogP contribution in [-0.2, 0) is 0 Å². The first-order valence-corrected chi connectivity index (χ1v) is 50.5. The van der Waals surface area contributed by atoms with Gasteiger partial charge in [0.1, 0.15) is 0 Å². The summed E-state index contributed by atoms with van der Waals surface area (Å²) < 4.78 is 0. The molecule has 0 saturated heterocycles. The van der Waals surface area contributed by atoms with E-state index in [9.17, 15) is 49.5 Å². The number of hydrogen-bond donors (Lipinski definition) is 0. The monoisotopic (exact) mass is 1620 g/mol. The van der Waals surface area contributed by atoms with Crippen LogP contribution in [0, 0.1) is 35.5 Å². The van der Waals surface area contributed by atoms with Gasteiger partial charge in [-0.3, -0.25) is 0 Å². The van der Waals surface area contributed by atoms with Crippen molar-refractivity contribution in [1.29, 1.82) is 0 Å². The number of carboxylic acids is 5. The summed E-state index contributed by atoms with van der Waals surface area (Å²) in [7, 11) is 0. The number of carbonyl (C=O) groups excluding carboxylic acids is 5. The molecule has 18 aliphatic rings. The van der Waals surface area contributed by atoms with Crippen molar-refractivity contribution in [2.24, 2.45) is 35.5 Å². The number of aromatic carboxylic acids is 5. The fraction of sp³-hybridized carbons (Fsp3) is 0.682. The first-order valence-electron chi connectivity index (χ1n) is 50.5. The zero-order chi connectivity index (χ0) is 81.8. The summed E-state index contributed by atoms with van der Waals surface area (Å²) in [6, 6.07) is 22.8. The Morgan fingerprint density at radius 2 is 0.358 bits per heavy atom. The molecular weight excluding hydrogens is 1480 g/mol. The van der Waals surface area contributed by atoms with Crippen molar-refractivity contribution < 1.29 is 49.5 Å². The summed E-state index contributed by atoms with van der Waals surface area (Å²) in [5.41, 5.74) is 21.4. The van der Waals surface area contributed by atoms with Crippen molar-refractivity contribution in [2.45, 2.75) is 435 Å². The Morgan fingerprint density at radius 1 is 0.175 bits per heavy atom. The van der Waals surface area contributed by atoms with E-state index >= 15 is 0 Å². The van der Waals surface area contributed by atoms with Crippen LogP contribution in [0.4, 0.5) is 0 Å². The average molecular weight is 1620 g/mol. The van der Waals surface area contributed by atoms with Crippen LogP contribution in [0.5, 0.6) is 0 Å². The van der Waals surface area contributed by atoms with Gasteiger partial charge in [-0.25, -0.2) is 0 Å². The molecule has 120 heavy (non-hydrogen) atoms. The van der Waals surface area contributed by atoms with Crippen LogP contribution in [0.2, 0.25) is 0 Å². The van der Waals surface area contributed by atoms with Gasteiger partial charge in [0, 0.05) is 27.8 Å². The zero-order valence-corrected chi connectivity index (χ0v) is 72.7. The summed E-state index contributed by atoms with van der Waals surface area (Å²) in [6.45, 7) is 0. The lowest BCUT2D eigenvalue weighted by Gasteiger charge is -2.36. The lowest BCUT2D eigenvalue weighted by molar-refractivity contribution is -0.256. The van der Waals surface area contributed by atoms with Gasteiger partial charge < -0.3 is 49.5 Å². The third-order valence-corrected chi connectivity index (χ3v) is 35.9. The molecule has 9 atom stereocenters. The topological polar surface area (TPSA) is 201 Å². The molecule has 9 unspecified atom stereocenters. The molecule has 23 rings (SSSR count). The van der Waals surface area contributed by atoms with Crippen molar-refractivity contribution in [3.8, 4) is 0 Å². The van der Waals surface area contributed by atoms with Gasteiger partial charge in [0.05, 0.1) is 29.8 Å². The Hall–Kier alpha value is -6.55. The smallest absolute Gasteiger partial charge is 0.0721 e. The van der Waals surface area contributed by atoms with Gasteiger partial charge in [-0.15, -0.1) is 0 Å². The van der Waals surface area contributed by atoms with Crippen LogP contribution in [0.3, 0.4) is 0 Å². The number of fused-ring (bicyclic) bond motifs is 6. The predicted molar refractivity (Wildman–Crippen MR) is 465 cm³/mol. The maximum atomic E-state index is 12.6. The Kier molecular flexibility index (Phi) is 25.3. The molecule has 10 heteroatoms. The Labute approximate surface area is 718 Å². The molecule has 644 valence electrons. The average Bonchev–Trinajstić information content (AvgIpc) is 1.64. The largest absolute Gasteiger partial charge is 0.545 e. The van der Waals surface area contributed by atoms with E-state index in [1.54, 1.807) is 0 Å². The van der Waals surface area contributed by atoms with Gasteiger partial charge in [-0.2, -0.15) is 0 Å². The molecule has 0 spiro atoms. The summed E-state index contributed by atoms with van der Waals surface area (Å²) in [6.07, 6.45) is 67.7. The summed E-state index contributed by atoms with van der Waals surface area (Å²) in [5.74, 6) is 8.25. The minimum absolute atomic E-state index is 0.428. The van der Waals surface area contributed by atoms with Gasteiger partial charge >= 0.3 is 0 Å². The van der Waals surface area contributed by atoms with Crippen LogP contribution in [0.15, 0.2) is 60.7 Å². The molecule has 0 N–H and O–H groups in total. The minimum atomic E-state index is -0.957. The highest BCUT2D eigenvalue weighted by molar-refractivity contribution is 5.93. The molecule has 18 saturated carbocycles. The third-order valence-electron chi connectivity index (χ3n) is 35.9. The zero-order valence-electron chi connectivity index (χ0n) is 72.7. The molecule has 0 aromatic heterocycles. The van der Waals surface area contributed by atoms with Crippen LogP contribution >= 0.6 is 0 Å². The van der Waals surface area contributed by atoms with E-state index in [-0.39, 0.29) is 0 Å². The van der Waals surface area contributed by atoms with Crippen molar-refractivity contribution in [3.63, 3.8) is 0 Å². The molecule has 18 fully saturated rings. The predicted octanol–water partition coefficient (Wildman–Crippen LogP) is 23.5.